The van der Waals surface area contributed by atoms with Gasteiger partial charge in [-0.1, -0.05) is 18.2 Å². The fourth-order valence-corrected chi connectivity index (χ4v) is 2.45. The first-order chi connectivity index (χ1) is 12.9. The zero-order valence-electron chi connectivity index (χ0n) is 16.1. The van der Waals surface area contributed by atoms with Crippen LogP contribution in [0.2, 0.25) is 0 Å². The minimum absolute atomic E-state index is 0. The van der Waals surface area contributed by atoms with Crippen LogP contribution < -0.4 is 49.5 Å². The Morgan fingerprint density at radius 3 is 2.50 bits per heavy atom. The van der Waals surface area contributed by atoms with E-state index in [0.717, 1.165) is 12.0 Å². The van der Waals surface area contributed by atoms with Crippen molar-refractivity contribution in [3.05, 3.63) is 54.1 Å². The summed E-state index contributed by atoms with van der Waals surface area (Å²) in [5.41, 5.74) is 1.06. The second-order valence-corrected chi connectivity index (χ2v) is 6.28. The zero-order chi connectivity index (χ0) is 19.6. The van der Waals surface area contributed by atoms with Crippen molar-refractivity contribution in [3.8, 4) is 17.2 Å². The molecule has 8 heteroatoms. The van der Waals surface area contributed by atoms with Crippen molar-refractivity contribution in [2.75, 3.05) is 19.8 Å². The predicted molar refractivity (Wildman–Crippen MR) is 97.7 cm³/mol. The third kappa shape index (κ3) is 9.43. The van der Waals surface area contributed by atoms with E-state index in [4.69, 9.17) is 9.47 Å². The molecule has 2 rings (SSSR count). The van der Waals surface area contributed by atoms with E-state index in [1.807, 2.05) is 19.1 Å². The van der Waals surface area contributed by atoms with Crippen molar-refractivity contribution >= 4 is 5.97 Å². The normalized spacial score (nSPS) is 12.5. The van der Waals surface area contributed by atoms with Gasteiger partial charge in [-0.05, 0) is 43.2 Å². The van der Waals surface area contributed by atoms with Crippen LogP contribution in [0.25, 0.3) is 0 Å². The van der Waals surface area contributed by atoms with Crippen molar-refractivity contribution in [2.24, 2.45) is 0 Å². The number of carbonyl (C=O) groups excluding carboxylic acids is 1. The van der Waals surface area contributed by atoms with E-state index >= 15 is 0 Å². The molecular formula is C20H24NNaO6. The minimum Gasteiger partial charge on any atom is -0.546 e. The van der Waals surface area contributed by atoms with E-state index in [0.29, 0.717) is 18.0 Å². The summed E-state index contributed by atoms with van der Waals surface area (Å²) in [7, 11) is 0. The van der Waals surface area contributed by atoms with Crippen LogP contribution in [0.5, 0.6) is 17.2 Å². The molecule has 0 saturated heterocycles. The molecule has 0 aliphatic heterocycles. The molecule has 7 nitrogen and oxygen atoms in total. The van der Waals surface area contributed by atoms with E-state index in [1.165, 1.54) is 6.07 Å². The van der Waals surface area contributed by atoms with Gasteiger partial charge < -0.3 is 34.9 Å². The van der Waals surface area contributed by atoms with Gasteiger partial charge in [-0.2, -0.15) is 0 Å². The van der Waals surface area contributed by atoms with Gasteiger partial charge in [0.05, 0.1) is 5.97 Å². The molecular weight excluding hydrogens is 373 g/mol. The quantitative estimate of drug-likeness (QED) is 0.359. The molecule has 0 bridgehead atoms. The molecule has 3 N–H and O–H groups in total. The van der Waals surface area contributed by atoms with Crippen LogP contribution in [0.3, 0.4) is 0 Å². The van der Waals surface area contributed by atoms with E-state index in [9.17, 15) is 20.1 Å². The Bertz CT molecular complexity index is 725. The summed E-state index contributed by atoms with van der Waals surface area (Å²) in [5, 5.41) is 33.0. The Labute approximate surface area is 186 Å². The molecule has 0 radical (unpaired) electrons. The molecule has 146 valence electrons. The summed E-state index contributed by atoms with van der Waals surface area (Å²) in [6.07, 6.45) is 0.0520. The molecule has 2 aromatic carbocycles. The van der Waals surface area contributed by atoms with Crippen molar-refractivity contribution in [2.45, 2.75) is 25.5 Å². The standard InChI is InChI=1S/C20H25NO6.Na/c1-14(9-15-5-7-18(8-6-15)27-13-20(24)25)21-11-17(23)12-26-19-4-2-3-16(22)10-19;/h2-8,10,14,17,21-23H,9,11-13H2,1H3,(H,24,25);/q;+1/p-1. The Morgan fingerprint density at radius 2 is 1.86 bits per heavy atom. The average molecular weight is 397 g/mol. The Hall–Kier alpha value is -1.77. The number of aliphatic carboxylic acids is 1. The smallest absolute Gasteiger partial charge is 0.546 e. The van der Waals surface area contributed by atoms with Gasteiger partial charge in [0.2, 0.25) is 0 Å². The largest absolute Gasteiger partial charge is 1.00 e. The van der Waals surface area contributed by atoms with Crippen LogP contribution in [0.15, 0.2) is 48.5 Å². The molecule has 0 heterocycles. The van der Waals surface area contributed by atoms with Gasteiger partial charge in [-0.3, -0.25) is 0 Å². The second-order valence-electron chi connectivity index (χ2n) is 6.28. The topological polar surface area (TPSA) is 111 Å². The summed E-state index contributed by atoms with van der Waals surface area (Å²) in [6.45, 7) is 2.02. The molecule has 0 amide bonds. The maximum Gasteiger partial charge on any atom is 1.00 e. The van der Waals surface area contributed by atoms with Crippen LogP contribution in [0.4, 0.5) is 0 Å². The Morgan fingerprint density at radius 1 is 1.14 bits per heavy atom. The van der Waals surface area contributed by atoms with Gasteiger partial charge >= 0.3 is 29.6 Å². The first-order valence-corrected chi connectivity index (χ1v) is 8.67. The number of hydrogen-bond acceptors (Lipinski definition) is 7. The summed E-state index contributed by atoms with van der Waals surface area (Å²) < 4.78 is 10.5. The van der Waals surface area contributed by atoms with Crippen molar-refractivity contribution < 1.29 is 59.1 Å². The third-order valence-electron chi connectivity index (χ3n) is 3.78. The molecule has 0 fully saturated rings. The third-order valence-corrected chi connectivity index (χ3v) is 3.78. The van der Waals surface area contributed by atoms with Crippen LogP contribution in [0, 0.1) is 0 Å². The second kappa shape index (κ2) is 12.6. The maximum absolute atomic E-state index is 10.4. The molecule has 0 aromatic heterocycles. The molecule has 0 aliphatic carbocycles. The summed E-state index contributed by atoms with van der Waals surface area (Å²) in [5.74, 6) is -0.167. The van der Waals surface area contributed by atoms with Crippen LogP contribution >= 0.6 is 0 Å². The number of phenols is 1. The number of nitrogens with one attached hydrogen (secondary N) is 1. The van der Waals surface area contributed by atoms with E-state index in [1.54, 1.807) is 30.3 Å². The molecule has 0 saturated carbocycles. The van der Waals surface area contributed by atoms with Crippen LogP contribution in [-0.4, -0.2) is 48.1 Å². The van der Waals surface area contributed by atoms with Gasteiger partial charge in [0.25, 0.3) is 0 Å². The number of rotatable bonds is 11. The number of aliphatic hydroxyl groups excluding tert-OH is 1. The first kappa shape index (κ1) is 24.3. The summed E-state index contributed by atoms with van der Waals surface area (Å²) >= 11 is 0. The molecule has 0 spiro atoms. The van der Waals surface area contributed by atoms with Gasteiger partial charge in [0.1, 0.15) is 36.6 Å². The van der Waals surface area contributed by atoms with Crippen molar-refractivity contribution in [1.29, 1.82) is 0 Å². The Kier molecular flexibility index (Phi) is 11.0. The van der Waals surface area contributed by atoms with E-state index in [2.05, 4.69) is 5.32 Å². The number of benzene rings is 2. The number of hydrogen-bond donors (Lipinski definition) is 3. The number of carboxylic acid groups (broad SMARTS) is 1. The molecule has 0 aliphatic rings. The number of aliphatic hydroxyl groups is 1. The van der Waals surface area contributed by atoms with Gasteiger partial charge in [0.15, 0.2) is 0 Å². The number of carboxylic acids is 1. The van der Waals surface area contributed by atoms with Gasteiger partial charge in [0, 0.05) is 18.7 Å². The van der Waals surface area contributed by atoms with Gasteiger partial charge in [-0.25, -0.2) is 0 Å². The van der Waals surface area contributed by atoms with E-state index < -0.39 is 18.7 Å². The molecule has 28 heavy (non-hydrogen) atoms. The molecule has 2 atom stereocenters. The predicted octanol–water partition coefficient (Wildman–Crippen LogP) is -2.51. The monoisotopic (exact) mass is 397 g/mol. The van der Waals surface area contributed by atoms with Crippen molar-refractivity contribution in [3.63, 3.8) is 0 Å². The summed E-state index contributed by atoms with van der Waals surface area (Å²) in [4.78, 5) is 10.4. The number of ether oxygens (including phenoxy) is 2. The molecule has 2 unspecified atom stereocenters. The first-order valence-electron chi connectivity index (χ1n) is 8.67. The Balaban J connectivity index is 0.00000392. The fraction of sp³-hybridized carbons (Fsp3) is 0.350. The zero-order valence-corrected chi connectivity index (χ0v) is 18.1. The maximum atomic E-state index is 10.4. The average Bonchev–Trinajstić information content (AvgIpc) is 2.64. The fourth-order valence-electron chi connectivity index (χ4n) is 2.45. The van der Waals surface area contributed by atoms with Crippen molar-refractivity contribution in [1.82, 2.24) is 5.32 Å². The van der Waals surface area contributed by atoms with Crippen LogP contribution in [0.1, 0.15) is 12.5 Å². The number of aromatic hydroxyl groups is 1. The number of carbonyl (C=O) groups is 1. The van der Waals surface area contributed by atoms with E-state index in [-0.39, 0.29) is 48.0 Å². The summed E-state index contributed by atoms with van der Waals surface area (Å²) in [6, 6.07) is 13.7. The minimum atomic E-state index is -1.26. The SMILES string of the molecule is CC(Cc1ccc(OCC(=O)[O-])cc1)NCC(O)COc1cccc(O)c1.[Na+]. The van der Waals surface area contributed by atoms with Gasteiger partial charge in [-0.15, -0.1) is 0 Å². The number of phenolic OH excluding ortho intramolecular Hbond substituents is 1. The molecule has 2 aromatic rings. The van der Waals surface area contributed by atoms with Crippen LogP contribution in [-0.2, 0) is 11.2 Å².